The van der Waals surface area contributed by atoms with Gasteiger partial charge in [-0.15, -0.1) is 0 Å². The Morgan fingerprint density at radius 3 is 1.90 bits per heavy atom. The highest BCUT2D eigenvalue weighted by Crippen LogP contribution is 2.54. The fraction of sp³-hybridized carbons (Fsp3) is 0.0556. The van der Waals surface area contributed by atoms with Crippen LogP contribution in [0.4, 0.5) is 0 Å². The molecule has 6 heteroatoms. The molecule has 282 valence electrons. The van der Waals surface area contributed by atoms with E-state index in [0.29, 0.717) is 17.5 Å². The molecule has 4 aromatic heterocycles. The number of fused-ring (bicyclic) bond motifs is 14. The molecule has 1 aliphatic rings. The minimum Gasteiger partial charge on any atom is -0.456 e. The van der Waals surface area contributed by atoms with Crippen LogP contribution in [0.1, 0.15) is 25.0 Å². The molecule has 0 saturated heterocycles. The molecule has 0 aliphatic heterocycles. The molecule has 8 aromatic carbocycles. The van der Waals surface area contributed by atoms with Gasteiger partial charge in [0.1, 0.15) is 22.3 Å². The Morgan fingerprint density at radius 2 is 1.07 bits per heavy atom. The monoisotopic (exact) mass is 770 g/mol. The summed E-state index contributed by atoms with van der Waals surface area (Å²) in [5.74, 6) is 1.81. The molecule has 0 unspecified atom stereocenters. The van der Waals surface area contributed by atoms with Crippen molar-refractivity contribution in [2.45, 2.75) is 19.3 Å². The van der Waals surface area contributed by atoms with Gasteiger partial charge < -0.3 is 13.4 Å². The van der Waals surface area contributed by atoms with Gasteiger partial charge in [0.05, 0.1) is 11.0 Å². The quantitative estimate of drug-likeness (QED) is 0.178. The second kappa shape index (κ2) is 12.1. The maximum absolute atomic E-state index is 6.48. The SMILES string of the molecule is CC1(C)c2ccccc2-c2ccc3c4c5c(ccc4n(-c4cccc(-c6nc(-c7ccccc7)nc(-c7ccc8oc9ccccc9c8c7)n6)c4)c3c21)oc1ccccc15. The predicted octanol–water partition coefficient (Wildman–Crippen LogP) is 14.1. The van der Waals surface area contributed by atoms with Gasteiger partial charge in [0.25, 0.3) is 0 Å². The third-order valence-electron chi connectivity index (χ3n) is 12.6. The molecule has 6 nitrogen and oxygen atoms in total. The van der Waals surface area contributed by atoms with Crippen molar-refractivity contribution in [3.8, 4) is 51.0 Å². The van der Waals surface area contributed by atoms with Crippen molar-refractivity contribution in [3.63, 3.8) is 0 Å². The van der Waals surface area contributed by atoms with E-state index in [-0.39, 0.29) is 5.41 Å². The molecule has 0 radical (unpaired) electrons. The van der Waals surface area contributed by atoms with Gasteiger partial charge >= 0.3 is 0 Å². The van der Waals surface area contributed by atoms with Gasteiger partial charge in [-0.05, 0) is 76.9 Å². The zero-order valence-electron chi connectivity index (χ0n) is 32.8. The van der Waals surface area contributed by atoms with Gasteiger partial charge in [0, 0.05) is 60.1 Å². The number of para-hydroxylation sites is 2. The lowest BCUT2D eigenvalue weighted by molar-refractivity contribution is 0.664. The van der Waals surface area contributed by atoms with Gasteiger partial charge in [0.15, 0.2) is 17.5 Å². The molecule has 0 bridgehead atoms. The molecule has 12 aromatic rings. The van der Waals surface area contributed by atoms with E-state index in [0.717, 1.165) is 71.8 Å². The van der Waals surface area contributed by atoms with Gasteiger partial charge in [-0.2, -0.15) is 0 Å². The zero-order chi connectivity index (χ0) is 39.7. The Kier molecular flexibility index (Phi) is 6.69. The fourth-order valence-corrected chi connectivity index (χ4v) is 9.93. The maximum atomic E-state index is 6.48. The third-order valence-corrected chi connectivity index (χ3v) is 12.6. The van der Waals surface area contributed by atoms with E-state index in [9.17, 15) is 0 Å². The lowest BCUT2D eigenvalue weighted by Crippen LogP contribution is -2.16. The van der Waals surface area contributed by atoms with Crippen LogP contribution in [0.25, 0.3) is 117 Å². The van der Waals surface area contributed by atoms with Gasteiger partial charge in [-0.1, -0.05) is 129 Å². The highest BCUT2D eigenvalue weighted by Gasteiger charge is 2.38. The first-order valence-corrected chi connectivity index (χ1v) is 20.4. The summed E-state index contributed by atoms with van der Waals surface area (Å²) in [5.41, 5.74) is 14.5. The number of hydrogen-bond acceptors (Lipinski definition) is 5. The zero-order valence-corrected chi connectivity index (χ0v) is 32.8. The molecule has 0 fully saturated rings. The van der Waals surface area contributed by atoms with Crippen LogP contribution in [0.5, 0.6) is 0 Å². The Morgan fingerprint density at radius 1 is 0.433 bits per heavy atom. The minimum absolute atomic E-state index is 0.248. The molecule has 0 N–H and O–H groups in total. The predicted molar refractivity (Wildman–Crippen MR) is 243 cm³/mol. The Hall–Kier alpha value is -7.83. The Balaban J connectivity index is 1.08. The smallest absolute Gasteiger partial charge is 0.164 e. The number of rotatable bonds is 4. The van der Waals surface area contributed by atoms with Gasteiger partial charge in [0.2, 0.25) is 0 Å². The van der Waals surface area contributed by atoms with Crippen LogP contribution in [-0.4, -0.2) is 19.5 Å². The van der Waals surface area contributed by atoms with Crippen molar-refractivity contribution in [2.24, 2.45) is 0 Å². The summed E-state index contributed by atoms with van der Waals surface area (Å²) < 4.78 is 15.1. The lowest BCUT2D eigenvalue weighted by atomic mass is 9.81. The van der Waals surface area contributed by atoms with Crippen molar-refractivity contribution in [2.75, 3.05) is 0 Å². The fourth-order valence-electron chi connectivity index (χ4n) is 9.93. The number of nitrogens with zero attached hydrogens (tertiary/aromatic N) is 4. The summed E-state index contributed by atoms with van der Waals surface area (Å²) in [6.07, 6.45) is 0. The van der Waals surface area contributed by atoms with E-state index in [1.807, 2.05) is 66.7 Å². The highest BCUT2D eigenvalue weighted by molar-refractivity contribution is 6.28. The number of benzene rings is 8. The van der Waals surface area contributed by atoms with Crippen LogP contribution in [-0.2, 0) is 5.41 Å². The Labute approximate surface area is 344 Å². The normalized spacial score (nSPS) is 13.3. The summed E-state index contributed by atoms with van der Waals surface area (Å²) in [4.78, 5) is 15.5. The second-order valence-corrected chi connectivity index (χ2v) is 16.4. The van der Waals surface area contributed by atoms with Crippen molar-refractivity contribution < 1.29 is 8.83 Å². The minimum atomic E-state index is -0.248. The van der Waals surface area contributed by atoms with E-state index in [4.69, 9.17) is 23.8 Å². The summed E-state index contributed by atoms with van der Waals surface area (Å²) in [6.45, 7) is 4.72. The second-order valence-electron chi connectivity index (χ2n) is 16.4. The molecule has 0 spiro atoms. The highest BCUT2D eigenvalue weighted by atomic mass is 16.3. The van der Waals surface area contributed by atoms with Crippen molar-refractivity contribution in [1.29, 1.82) is 0 Å². The molecule has 13 rings (SSSR count). The maximum Gasteiger partial charge on any atom is 0.164 e. The van der Waals surface area contributed by atoms with E-state index >= 15 is 0 Å². The van der Waals surface area contributed by atoms with Crippen LogP contribution >= 0.6 is 0 Å². The van der Waals surface area contributed by atoms with E-state index in [1.54, 1.807) is 0 Å². The number of furan rings is 2. The van der Waals surface area contributed by atoms with E-state index in [1.165, 1.54) is 38.5 Å². The van der Waals surface area contributed by atoms with E-state index < -0.39 is 0 Å². The first-order chi connectivity index (χ1) is 29.5. The van der Waals surface area contributed by atoms with Gasteiger partial charge in [-0.25, -0.2) is 15.0 Å². The first-order valence-electron chi connectivity index (χ1n) is 20.4. The molecular formula is C54H34N4O2. The summed E-state index contributed by atoms with van der Waals surface area (Å²) >= 11 is 0. The van der Waals surface area contributed by atoms with Crippen LogP contribution in [0.2, 0.25) is 0 Å². The van der Waals surface area contributed by atoms with Crippen molar-refractivity contribution >= 4 is 65.7 Å². The molecule has 1 aliphatic carbocycles. The molecule has 0 saturated carbocycles. The number of aromatic nitrogens is 4. The summed E-state index contributed by atoms with van der Waals surface area (Å²) in [7, 11) is 0. The molecule has 0 atom stereocenters. The van der Waals surface area contributed by atoms with E-state index in [2.05, 4.69) is 122 Å². The average Bonchev–Trinajstić information content (AvgIpc) is 4.03. The molecule has 0 amide bonds. The van der Waals surface area contributed by atoms with Crippen molar-refractivity contribution in [3.05, 3.63) is 181 Å². The van der Waals surface area contributed by atoms with Crippen molar-refractivity contribution in [1.82, 2.24) is 19.5 Å². The first kappa shape index (κ1) is 33.2. The van der Waals surface area contributed by atoms with Crippen LogP contribution in [0.15, 0.2) is 179 Å². The summed E-state index contributed by atoms with van der Waals surface area (Å²) in [6, 6.07) is 59.3. The number of hydrogen-bond donors (Lipinski definition) is 0. The van der Waals surface area contributed by atoms with Gasteiger partial charge in [-0.3, -0.25) is 0 Å². The third kappa shape index (κ3) is 4.61. The summed E-state index contributed by atoms with van der Waals surface area (Å²) in [5, 5.41) is 6.71. The van der Waals surface area contributed by atoms with Crippen LogP contribution < -0.4 is 0 Å². The largest absolute Gasteiger partial charge is 0.456 e. The topological polar surface area (TPSA) is 69.9 Å². The Bertz CT molecular complexity index is 3760. The average molecular weight is 771 g/mol. The standard InChI is InChI=1S/C54H34N4O2/c1-54(2)41-20-9-6-17-35(41)37-24-25-39-47-42(26-28-46-48(47)38-19-8-11-22-44(38)60-46)58(50(39)49(37)54)34-16-12-15-32(29-34)52-55-51(31-13-4-3-5-14-31)56-53(57-52)33-23-27-45-40(30-33)36-18-7-10-21-43(36)59-45/h3-30H,1-2H3. The molecule has 4 heterocycles. The lowest BCUT2D eigenvalue weighted by Gasteiger charge is -2.23. The molecular weight excluding hydrogens is 737 g/mol. The molecule has 60 heavy (non-hydrogen) atoms. The van der Waals surface area contributed by atoms with Crippen LogP contribution in [0, 0.1) is 0 Å². The van der Waals surface area contributed by atoms with Crippen LogP contribution in [0.3, 0.4) is 0 Å².